The van der Waals surface area contributed by atoms with Gasteiger partial charge in [-0.1, -0.05) is 48.2 Å². The average molecular weight is 403 g/mol. The van der Waals surface area contributed by atoms with Gasteiger partial charge < -0.3 is 4.90 Å². The predicted octanol–water partition coefficient (Wildman–Crippen LogP) is 7.17. The first-order chi connectivity index (χ1) is 14.9. The Morgan fingerprint density at radius 1 is 0.600 bits per heavy atom. The molecule has 30 heavy (non-hydrogen) atoms. The molecule has 0 spiro atoms. The van der Waals surface area contributed by atoms with E-state index in [9.17, 15) is 0 Å². The largest absolute Gasteiger partial charge is 0.311 e. The third kappa shape index (κ3) is 3.82. The van der Waals surface area contributed by atoms with Gasteiger partial charge in [0, 0.05) is 28.2 Å². The molecule has 0 bridgehead atoms. The molecule has 0 fully saturated rings. The van der Waals surface area contributed by atoms with Gasteiger partial charge in [-0.3, -0.25) is 0 Å². The monoisotopic (exact) mass is 402 g/mol. The minimum atomic E-state index is 0.990. The Hall–Kier alpha value is -3.87. The summed E-state index contributed by atoms with van der Waals surface area (Å²) >= 11 is 1.64. The van der Waals surface area contributed by atoms with E-state index >= 15 is 0 Å². The fourth-order valence-electron chi connectivity index (χ4n) is 3.37. The van der Waals surface area contributed by atoms with Crippen LogP contribution in [0, 0.1) is 11.8 Å². The average Bonchev–Trinajstić information content (AvgIpc) is 3.28. The summed E-state index contributed by atoms with van der Waals surface area (Å²) in [6, 6.07) is 35.3. The molecule has 0 unspecified atom stereocenters. The van der Waals surface area contributed by atoms with E-state index in [0.717, 1.165) is 33.7 Å². The van der Waals surface area contributed by atoms with Crippen LogP contribution in [0.15, 0.2) is 109 Å². The molecule has 0 N–H and O–H groups in total. The molecule has 142 valence electrons. The molecule has 1 aromatic heterocycles. The second kappa shape index (κ2) is 8.24. The molecule has 0 saturated heterocycles. The number of thiazole rings is 1. The van der Waals surface area contributed by atoms with E-state index in [2.05, 4.69) is 101 Å². The van der Waals surface area contributed by atoms with Crippen molar-refractivity contribution in [3.63, 3.8) is 0 Å². The first-order valence-corrected chi connectivity index (χ1v) is 10.6. The number of aromatic nitrogens is 1. The van der Waals surface area contributed by atoms with E-state index in [4.69, 9.17) is 0 Å². The summed E-state index contributed by atoms with van der Waals surface area (Å²) in [4.78, 5) is 6.56. The van der Waals surface area contributed by atoms with Crippen LogP contribution in [0.25, 0.3) is 10.2 Å². The van der Waals surface area contributed by atoms with Crippen LogP contribution < -0.4 is 4.90 Å². The summed E-state index contributed by atoms with van der Waals surface area (Å²) in [7, 11) is 0. The van der Waals surface area contributed by atoms with E-state index in [0.29, 0.717) is 0 Å². The van der Waals surface area contributed by atoms with Crippen molar-refractivity contribution in [3.05, 3.63) is 120 Å². The lowest BCUT2D eigenvalue weighted by Gasteiger charge is -2.25. The van der Waals surface area contributed by atoms with Crippen LogP contribution >= 0.6 is 11.3 Å². The van der Waals surface area contributed by atoms with Crippen molar-refractivity contribution in [2.24, 2.45) is 0 Å². The molecule has 0 amide bonds. The molecule has 3 heteroatoms. The molecule has 0 atom stereocenters. The maximum absolute atomic E-state index is 4.32. The maximum Gasteiger partial charge on any atom is 0.0812 e. The van der Waals surface area contributed by atoms with Crippen molar-refractivity contribution < 1.29 is 0 Å². The number of hydrogen-bond acceptors (Lipinski definition) is 3. The molecule has 0 aliphatic heterocycles. The first-order valence-electron chi connectivity index (χ1n) is 9.72. The van der Waals surface area contributed by atoms with E-state index in [-0.39, 0.29) is 0 Å². The highest BCUT2D eigenvalue weighted by molar-refractivity contribution is 7.16. The van der Waals surface area contributed by atoms with Gasteiger partial charge in [-0.05, 0) is 66.7 Å². The smallest absolute Gasteiger partial charge is 0.0812 e. The van der Waals surface area contributed by atoms with Crippen molar-refractivity contribution in [2.45, 2.75) is 0 Å². The van der Waals surface area contributed by atoms with Crippen molar-refractivity contribution in [2.75, 3.05) is 4.90 Å². The summed E-state index contributed by atoms with van der Waals surface area (Å²) in [5.41, 5.74) is 8.24. The third-order valence-electron chi connectivity index (χ3n) is 4.84. The van der Waals surface area contributed by atoms with Crippen molar-refractivity contribution >= 4 is 38.6 Å². The van der Waals surface area contributed by atoms with Gasteiger partial charge in [-0.25, -0.2) is 4.98 Å². The fraction of sp³-hybridized carbons (Fsp3) is 0. The minimum absolute atomic E-state index is 0.990. The number of benzene rings is 4. The van der Waals surface area contributed by atoms with Gasteiger partial charge in [0.25, 0.3) is 0 Å². The Bertz CT molecular complexity index is 1290. The van der Waals surface area contributed by atoms with Gasteiger partial charge >= 0.3 is 0 Å². The normalized spacial score (nSPS) is 10.4. The highest BCUT2D eigenvalue weighted by Crippen LogP contribution is 2.33. The zero-order valence-electron chi connectivity index (χ0n) is 16.2. The van der Waals surface area contributed by atoms with E-state index in [1.165, 1.54) is 4.70 Å². The van der Waals surface area contributed by atoms with E-state index in [1.807, 2.05) is 29.8 Å². The summed E-state index contributed by atoms with van der Waals surface area (Å²) < 4.78 is 1.17. The van der Waals surface area contributed by atoms with Crippen LogP contribution in [0.1, 0.15) is 11.1 Å². The number of anilines is 3. The number of nitrogens with zero attached hydrogens (tertiary/aromatic N) is 2. The van der Waals surface area contributed by atoms with Crippen LogP contribution in [-0.4, -0.2) is 4.98 Å². The molecule has 0 saturated carbocycles. The Labute approximate surface area is 180 Å². The zero-order valence-corrected chi connectivity index (χ0v) is 17.0. The Morgan fingerprint density at radius 3 is 1.83 bits per heavy atom. The number of hydrogen-bond donors (Lipinski definition) is 0. The lowest BCUT2D eigenvalue weighted by Crippen LogP contribution is -2.09. The van der Waals surface area contributed by atoms with Crippen molar-refractivity contribution in [3.8, 4) is 11.8 Å². The van der Waals surface area contributed by atoms with Crippen molar-refractivity contribution in [1.29, 1.82) is 0 Å². The lowest BCUT2D eigenvalue weighted by molar-refractivity contribution is 1.28. The molecule has 4 aromatic carbocycles. The first kappa shape index (κ1) is 18.2. The SMILES string of the molecule is C(#Cc1ccc2ncsc2c1)c1ccc(N(c2ccccc2)c2ccccc2)cc1. The Kier molecular flexibility index (Phi) is 4.99. The van der Waals surface area contributed by atoms with Crippen LogP contribution in [-0.2, 0) is 0 Å². The second-order valence-electron chi connectivity index (χ2n) is 6.84. The zero-order chi connectivity index (χ0) is 20.2. The molecule has 5 aromatic rings. The highest BCUT2D eigenvalue weighted by atomic mass is 32.1. The molecule has 0 aliphatic rings. The molecule has 2 nitrogen and oxygen atoms in total. The van der Waals surface area contributed by atoms with Gasteiger partial charge in [0.2, 0.25) is 0 Å². The third-order valence-corrected chi connectivity index (χ3v) is 5.63. The van der Waals surface area contributed by atoms with Gasteiger partial charge in [0.1, 0.15) is 0 Å². The van der Waals surface area contributed by atoms with Crippen LogP contribution in [0.3, 0.4) is 0 Å². The number of fused-ring (bicyclic) bond motifs is 1. The number of rotatable bonds is 3. The summed E-state index contributed by atoms with van der Waals surface area (Å²) in [6.07, 6.45) is 0. The topological polar surface area (TPSA) is 16.1 Å². The maximum atomic E-state index is 4.32. The second-order valence-corrected chi connectivity index (χ2v) is 7.72. The van der Waals surface area contributed by atoms with E-state index in [1.54, 1.807) is 11.3 Å². The van der Waals surface area contributed by atoms with Crippen LogP contribution in [0.5, 0.6) is 0 Å². The Morgan fingerprint density at radius 2 is 1.17 bits per heavy atom. The highest BCUT2D eigenvalue weighted by Gasteiger charge is 2.11. The van der Waals surface area contributed by atoms with Gasteiger partial charge in [-0.15, -0.1) is 11.3 Å². The molecular weight excluding hydrogens is 384 g/mol. The lowest BCUT2D eigenvalue weighted by atomic mass is 10.1. The summed E-state index contributed by atoms with van der Waals surface area (Å²) in [6.45, 7) is 0. The number of para-hydroxylation sites is 2. The summed E-state index contributed by atoms with van der Waals surface area (Å²) in [5, 5.41) is 0. The molecule has 0 aliphatic carbocycles. The predicted molar refractivity (Wildman–Crippen MR) is 127 cm³/mol. The molecule has 5 rings (SSSR count). The van der Waals surface area contributed by atoms with Gasteiger partial charge in [0.15, 0.2) is 0 Å². The summed E-state index contributed by atoms with van der Waals surface area (Å²) in [5.74, 6) is 6.55. The van der Waals surface area contributed by atoms with Crippen LogP contribution in [0.4, 0.5) is 17.1 Å². The van der Waals surface area contributed by atoms with Crippen molar-refractivity contribution in [1.82, 2.24) is 4.98 Å². The fourth-order valence-corrected chi connectivity index (χ4v) is 4.09. The standard InChI is InChI=1S/C27H18N2S/c1-3-7-23(8-4-1)29(24-9-5-2-6-10-24)25-16-13-21(14-17-25)11-12-22-15-18-26-27(19-22)30-20-28-26/h1-10,13-20H. The molecule has 0 radical (unpaired) electrons. The Balaban J connectivity index is 1.45. The van der Waals surface area contributed by atoms with E-state index < -0.39 is 0 Å². The molecular formula is C27H18N2S. The van der Waals surface area contributed by atoms with Gasteiger partial charge in [-0.2, -0.15) is 0 Å². The minimum Gasteiger partial charge on any atom is -0.311 e. The molecule has 1 heterocycles. The van der Waals surface area contributed by atoms with Crippen LogP contribution in [0.2, 0.25) is 0 Å². The quantitative estimate of drug-likeness (QED) is 0.298. The van der Waals surface area contributed by atoms with Gasteiger partial charge in [0.05, 0.1) is 15.7 Å².